The van der Waals surface area contributed by atoms with E-state index in [9.17, 15) is 8.42 Å². The first-order valence-corrected chi connectivity index (χ1v) is 8.74. The van der Waals surface area contributed by atoms with E-state index in [1.165, 1.54) is 0 Å². The Morgan fingerprint density at radius 3 is 2.71 bits per heavy atom. The molecular formula is C14H18N4O2S. The van der Waals surface area contributed by atoms with Crippen molar-refractivity contribution in [3.8, 4) is 5.69 Å². The van der Waals surface area contributed by atoms with Crippen LogP contribution in [0.2, 0.25) is 0 Å². The lowest BCUT2D eigenvalue weighted by atomic mass is 10.1. The Morgan fingerprint density at radius 1 is 1.24 bits per heavy atom. The molecule has 2 aromatic rings. The van der Waals surface area contributed by atoms with Gasteiger partial charge in [-0.15, -0.1) is 5.10 Å². The van der Waals surface area contributed by atoms with Crippen molar-refractivity contribution in [3.05, 3.63) is 42.2 Å². The number of aromatic nitrogens is 3. The molecule has 0 spiro atoms. The summed E-state index contributed by atoms with van der Waals surface area (Å²) in [7, 11) is -3.14. The molecule has 2 N–H and O–H groups in total. The predicted octanol–water partition coefficient (Wildman–Crippen LogP) is 1.23. The Hall–Kier alpha value is -1.73. The Labute approximate surface area is 123 Å². The lowest BCUT2D eigenvalue weighted by Crippen LogP contribution is -2.38. The zero-order valence-corrected chi connectivity index (χ0v) is 12.4. The summed E-state index contributed by atoms with van der Waals surface area (Å²) in [6, 6.07) is 8.87. The summed E-state index contributed by atoms with van der Waals surface area (Å²) in [4.78, 5) is 0. The van der Waals surface area contributed by atoms with Gasteiger partial charge in [-0.1, -0.05) is 29.8 Å². The third kappa shape index (κ3) is 2.71. The highest BCUT2D eigenvalue weighted by Gasteiger charge is 2.36. The maximum Gasteiger partial charge on any atom is 0.155 e. The molecule has 112 valence electrons. The number of sulfone groups is 1. The number of rotatable bonds is 3. The van der Waals surface area contributed by atoms with Crippen LogP contribution in [0.15, 0.2) is 36.5 Å². The number of nitrogens with zero attached hydrogens (tertiary/aromatic N) is 3. The molecule has 3 rings (SSSR count). The molecule has 2 unspecified atom stereocenters. The van der Waals surface area contributed by atoms with Crippen LogP contribution in [-0.2, 0) is 9.84 Å². The maximum absolute atomic E-state index is 12.2. The Morgan fingerprint density at radius 2 is 2.00 bits per heavy atom. The number of benzene rings is 1. The van der Waals surface area contributed by atoms with E-state index >= 15 is 0 Å². The molecule has 21 heavy (non-hydrogen) atoms. The van der Waals surface area contributed by atoms with Crippen molar-refractivity contribution in [3.63, 3.8) is 0 Å². The monoisotopic (exact) mass is 306 g/mol. The highest BCUT2D eigenvalue weighted by Crippen LogP contribution is 2.29. The van der Waals surface area contributed by atoms with Gasteiger partial charge >= 0.3 is 0 Å². The average Bonchev–Trinajstić information content (AvgIpc) is 2.96. The molecule has 1 aromatic heterocycles. The minimum atomic E-state index is -3.14. The molecule has 1 saturated heterocycles. The van der Waals surface area contributed by atoms with Crippen LogP contribution in [-0.4, -0.2) is 34.4 Å². The Kier molecular flexibility index (Phi) is 3.77. The number of hydrogen-bond donors (Lipinski definition) is 1. The van der Waals surface area contributed by atoms with Crippen molar-refractivity contribution in [2.75, 3.05) is 5.75 Å². The standard InChI is InChI=1S/C14H18N4O2S/c15-14(13-8-4-5-9-21(13,19)20)12-10-16-17-18(12)11-6-2-1-3-7-11/h1-3,6-7,10,13-14H,4-5,8-9,15H2. The van der Waals surface area contributed by atoms with Crippen LogP contribution in [0.3, 0.4) is 0 Å². The minimum absolute atomic E-state index is 0.221. The first kappa shape index (κ1) is 14.2. The Balaban J connectivity index is 1.96. The molecule has 6 nitrogen and oxygen atoms in total. The molecule has 2 atom stereocenters. The van der Waals surface area contributed by atoms with E-state index in [2.05, 4.69) is 10.3 Å². The zero-order valence-electron chi connectivity index (χ0n) is 11.6. The van der Waals surface area contributed by atoms with Crippen molar-refractivity contribution < 1.29 is 8.42 Å². The van der Waals surface area contributed by atoms with Crippen LogP contribution < -0.4 is 5.73 Å². The van der Waals surface area contributed by atoms with Gasteiger partial charge in [0.15, 0.2) is 9.84 Å². The van der Waals surface area contributed by atoms with Crippen LogP contribution in [0.4, 0.5) is 0 Å². The summed E-state index contributed by atoms with van der Waals surface area (Å²) in [5.74, 6) is 0.221. The van der Waals surface area contributed by atoms with Crippen LogP contribution in [0.1, 0.15) is 31.0 Å². The summed E-state index contributed by atoms with van der Waals surface area (Å²) in [6.45, 7) is 0. The second kappa shape index (κ2) is 5.57. The van der Waals surface area contributed by atoms with E-state index in [-0.39, 0.29) is 5.75 Å². The molecule has 1 aliphatic heterocycles. The quantitative estimate of drug-likeness (QED) is 0.921. The van der Waals surface area contributed by atoms with Gasteiger partial charge in [0.05, 0.1) is 34.6 Å². The predicted molar refractivity (Wildman–Crippen MR) is 79.7 cm³/mol. The van der Waals surface area contributed by atoms with Crippen LogP contribution in [0.25, 0.3) is 5.69 Å². The van der Waals surface area contributed by atoms with Crippen molar-refractivity contribution in [2.45, 2.75) is 30.6 Å². The summed E-state index contributed by atoms with van der Waals surface area (Å²) < 4.78 is 26.1. The van der Waals surface area contributed by atoms with Crippen LogP contribution in [0, 0.1) is 0 Å². The molecule has 7 heteroatoms. The Bertz CT molecular complexity index is 712. The largest absolute Gasteiger partial charge is 0.322 e. The van der Waals surface area contributed by atoms with Crippen molar-refractivity contribution in [1.82, 2.24) is 15.0 Å². The van der Waals surface area contributed by atoms with E-state index in [0.717, 1.165) is 18.5 Å². The fourth-order valence-corrected chi connectivity index (χ4v) is 4.83. The second-order valence-corrected chi connectivity index (χ2v) is 7.67. The zero-order chi connectivity index (χ0) is 14.9. The molecule has 1 aromatic carbocycles. The molecule has 2 heterocycles. The van der Waals surface area contributed by atoms with E-state index in [4.69, 9.17) is 5.73 Å². The van der Waals surface area contributed by atoms with Gasteiger partial charge in [0.25, 0.3) is 0 Å². The van der Waals surface area contributed by atoms with E-state index < -0.39 is 21.1 Å². The van der Waals surface area contributed by atoms with Gasteiger partial charge in [-0.25, -0.2) is 13.1 Å². The number of nitrogens with two attached hydrogens (primary N) is 1. The molecule has 1 fully saturated rings. The SMILES string of the molecule is NC(c1cnnn1-c1ccccc1)C1CCCCS1(=O)=O. The van der Waals surface area contributed by atoms with E-state index in [0.29, 0.717) is 12.1 Å². The third-order valence-corrected chi connectivity index (χ3v) is 6.26. The minimum Gasteiger partial charge on any atom is -0.322 e. The highest BCUT2D eigenvalue weighted by molar-refractivity contribution is 7.92. The fraction of sp³-hybridized carbons (Fsp3) is 0.429. The summed E-state index contributed by atoms with van der Waals surface area (Å²) >= 11 is 0. The molecule has 0 radical (unpaired) electrons. The smallest absolute Gasteiger partial charge is 0.155 e. The fourth-order valence-electron chi connectivity index (χ4n) is 2.81. The van der Waals surface area contributed by atoms with Gasteiger partial charge in [-0.05, 0) is 25.0 Å². The summed E-state index contributed by atoms with van der Waals surface area (Å²) in [5.41, 5.74) is 7.71. The topological polar surface area (TPSA) is 90.9 Å². The first-order chi connectivity index (χ1) is 10.1. The average molecular weight is 306 g/mol. The highest BCUT2D eigenvalue weighted by atomic mass is 32.2. The molecule has 0 aliphatic carbocycles. The lowest BCUT2D eigenvalue weighted by Gasteiger charge is -2.27. The van der Waals surface area contributed by atoms with Crippen molar-refractivity contribution >= 4 is 9.84 Å². The molecule has 0 bridgehead atoms. The van der Waals surface area contributed by atoms with Gasteiger partial charge in [0.1, 0.15) is 0 Å². The third-order valence-electron chi connectivity index (χ3n) is 3.95. The van der Waals surface area contributed by atoms with Crippen LogP contribution in [0.5, 0.6) is 0 Å². The van der Waals surface area contributed by atoms with Gasteiger partial charge in [0.2, 0.25) is 0 Å². The molecular weight excluding hydrogens is 288 g/mol. The molecule has 0 saturated carbocycles. The maximum atomic E-state index is 12.2. The molecule has 0 amide bonds. The van der Waals surface area contributed by atoms with E-state index in [1.807, 2.05) is 30.3 Å². The lowest BCUT2D eigenvalue weighted by molar-refractivity contribution is 0.495. The molecule has 1 aliphatic rings. The normalized spacial score (nSPS) is 22.8. The van der Waals surface area contributed by atoms with Crippen molar-refractivity contribution in [1.29, 1.82) is 0 Å². The second-order valence-electron chi connectivity index (χ2n) is 5.33. The first-order valence-electron chi connectivity index (χ1n) is 7.03. The van der Waals surface area contributed by atoms with Gasteiger partial charge in [-0.3, -0.25) is 0 Å². The van der Waals surface area contributed by atoms with Crippen molar-refractivity contribution in [2.24, 2.45) is 5.73 Å². The number of para-hydroxylation sites is 1. The van der Waals surface area contributed by atoms with Gasteiger partial charge < -0.3 is 5.73 Å². The summed E-state index contributed by atoms with van der Waals surface area (Å²) in [6.07, 6.45) is 3.78. The van der Waals surface area contributed by atoms with E-state index in [1.54, 1.807) is 10.9 Å². The number of hydrogen-bond acceptors (Lipinski definition) is 5. The van der Waals surface area contributed by atoms with Gasteiger partial charge in [0, 0.05) is 0 Å². The van der Waals surface area contributed by atoms with Gasteiger partial charge in [-0.2, -0.15) is 0 Å². The summed E-state index contributed by atoms with van der Waals surface area (Å²) in [5, 5.41) is 7.39. The van der Waals surface area contributed by atoms with Crippen LogP contribution >= 0.6 is 0 Å².